The zero-order valence-electron chi connectivity index (χ0n) is 12.3. The molecule has 0 saturated carbocycles. The van der Waals surface area contributed by atoms with Crippen LogP contribution in [0.3, 0.4) is 0 Å². The van der Waals surface area contributed by atoms with Gasteiger partial charge in [0.05, 0.1) is 11.8 Å². The molecule has 2 aromatic carbocycles. The van der Waals surface area contributed by atoms with Crippen LogP contribution in [0.1, 0.15) is 10.4 Å². The van der Waals surface area contributed by atoms with E-state index < -0.39 is 5.91 Å². The lowest BCUT2D eigenvalue weighted by Gasteiger charge is -2.03. The van der Waals surface area contributed by atoms with E-state index in [1.807, 2.05) is 29.8 Å². The van der Waals surface area contributed by atoms with Gasteiger partial charge in [-0.05, 0) is 30.3 Å². The highest BCUT2D eigenvalue weighted by Gasteiger charge is 2.11. The number of carbonyl (C=O) groups is 1. The van der Waals surface area contributed by atoms with E-state index >= 15 is 0 Å². The standard InChI is InChI=1S/C16H12Cl2N2O2S/c1-20-14-12(22-2)4-3-5-13(14)23-16(20)19-15(21)9-6-10(17)8-11(18)7-9/h3-8H,1-2H3. The van der Waals surface area contributed by atoms with Crippen molar-refractivity contribution in [2.24, 2.45) is 12.0 Å². The van der Waals surface area contributed by atoms with Gasteiger partial charge in [0.1, 0.15) is 11.3 Å². The number of rotatable bonds is 2. The Morgan fingerprint density at radius 2 is 1.91 bits per heavy atom. The lowest BCUT2D eigenvalue weighted by molar-refractivity contribution is 0.0998. The zero-order valence-corrected chi connectivity index (χ0v) is 14.7. The normalized spacial score (nSPS) is 11.9. The minimum absolute atomic E-state index is 0.354. The number of hydrogen-bond acceptors (Lipinski definition) is 3. The Kier molecular flexibility index (Phi) is 4.43. The first kappa shape index (κ1) is 16.1. The van der Waals surface area contributed by atoms with Gasteiger partial charge in [-0.2, -0.15) is 4.99 Å². The number of nitrogens with zero attached hydrogens (tertiary/aromatic N) is 2. The average molecular weight is 367 g/mol. The summed E-state index contributed by atoms with van der Waals surface area (Å²) in [5, 5.41) is 0.803. The van der Waals surface area contributed by atoms with Gasteiger partial charge in [0.15, 0.2) is 4.80 Å². The van der Waals surface area contributed by atoms with Crippen LogP contribution in [0.4, 0.5) is 0 Å². The maximum atomic E-state index is 12.4. The SMILES string of the molecule is COc1cccc2sc(=NC(=O)c3cc(Cl)cc(Cl)c3)n(C)c12. The molecule has 3 aromatic rings. The summed E-state index contributed by atoms with van der Waals surface area (Å²) < 4.78 is 8.19. The third kappa shape index (κ3) is 3.13. The van der Waals surface area contributed by atoms with Crippen LogP contribution in [0.25, 0.3) is 10.2 Å². The number of carbonyl (C=O) groups excluding carboxylic acids is 1. The van der Waals surface area contributed by atoms with E-state index in [1.54, 1.807) is 25.3 Å². The van der Waals surface area contributed by atoms with Crippen molar-refractivity contribution in [2.75, 3.05) is 7.11 Å². The Morgan fingerprint density at radius 3 is 2.57 bits per heavy atom. The third-order valence-corrected chi connectivity index (χ3v) is 4.85. The van der Waals surface area contributed by atoms with Crippen molar-refractivity contribution in [3.8, 4) is 5.75 Å². The molecule has 1 amide bonds. The van der Waals surface area contributed by atoms with Gasteiger partial charge in [-0.3, -0.25) is 4.79 Å². The largest absolute Gasteiger partial charge is 0.495 e. The molecule has 3 rings (SSSR count). The van der Waals surface area contributed by atoms with Gasteiger partial charge >= 0.3 is 0 Å². The van der Waals surface area contributed by atoms with Crippen LogP contribution in [0.15, 0.2) is 41.4 Å². The molecule has 0 saturated heterocycles. The molecule has 0 spiro atoms. The number of amides is 1. The van der Waals surface area contributed by atoms with E-state index in [2.05, 4.69) is 4.99 Å². The summed E-state index contributed by atoms with van der Waals surface area (Å²) in [5.41, 5.74) is 1.25. The summed E-state index contributed by atoms with van der Waals surface area (Å²) in [6.07, 6.45) is 0. The van der Waals surface area contributed by atoms with Crippen LogP contribution in [0.2, 0.25) is 10.0 Å². The van der Waals surface area contributed by atoms with Crippen LogP contribution < -0.4 is 9.54 Å². The Labute approximate surface area is 146 Å². The van der Waals surface area contributed by atoms with Gasteiger partial charge in [-0.1, -0.05) is 40.6 Å². The average Bonchev–Trinajstić information content (AvgIpc) is 2.82. The predicted octanol–water partition coefficient (Wildman–Crippen LogP) is 4.30. The monoisotopic (exact) mass is 366 g/mol. The van der Waals surface area contributed by atoms with E-state index in [1.165, 1.54) is 11.3 Å². The summed E-state index contributed by atoms with van der Waals surface area (Å²) in [4.78, 5) is 17.1. The number of fused-ring (bicyclic) bond motifs is 1. The first-order valence-electron chi connectivity index (χ1n) is 6.67. The minimum atomic E-state index is -0.393. The number of methoxy groups -OCH3 is 1. The molecule has 0 aliphatic rings. The van der Waals surface area contributed by atoms with Crippen molar-refractivity contribution in [3.63, 3.8) is 0 Å². The van der Waals surface area contributed by atoms with Crippen molar-refractivity contribution in [3.05, 3.63) is 56.8 Å². The van der Waals surface area contributed by atoms with Crippen LogP contribution in [-0.2, 0) is 7.05 Å². The minimum Gasteiger partial charge on any atom is -0.495 e. The summed E-state index contributed by atoms with van der Waals surface area (Å²) in [6, 6.07) is 10.4. The molecule has 1 aromatic heterocycles. The van der Waals surface area contributed by atoms with Gasteiger partial charge in [0.2, 0.25) is 0 Å². The zero-order chi connectivity index (χ0) is 16.6. The number of thiazole rings is 1. The second-order valence-corrected chi connectivity index (χ2v) is 6.71. The van der Waals surface area contributed by atoms with Crippen molar-refractivity contribution in [2.45, 2.75) is 0 Å². The molecule has 0 bridgehead atoms. The Morgan fingerprint density at radius 1 is 1.22 bits per heavy atom. The number of benzene rings is 2. The fraction of sp³-hybridized carbons (Fsp3) is 0.125. The van der Waals surface area contributed by atoms with Gasteiger partial charge in [0.25, 0.3) is 5.91 Å². The van der Waals surface area contributed by atoms with E-state index in [9.17, 15) is 4.79 Å². The fourth-order valence-corrected chi connectivity index (χ4v) is 3.83. The lowest BCUT2D eigenvalue weighted by Crippen LogP contribution is -2.13. The van der Waals surface area contributed by atoms with Crippen LogP contribution in [-0.4, -0.2) is 17.6 Å². The van der Waals surface area contributed by atoms with E-state index in [-0.39, 0.29) is 0 Å². The van der Waals surface area contributed by atoms with Crippen molar-refractivity contribution >= 4 is 50.7 Å². The summed E-state index contributed by atoms with van der Waals surface area (Å²) in [5.74, 6) is 0.344. The molecule has 1 heterocycles. The topological polar surface area (TPSA) is 43.6 Å². The molecular formula is C16H12Cl2N2O2S. The summed E-state index contributed by atoms with van der Waals surface area (Å²) in [6.45, 7) is 0. The number of para-hydroxylation sites is 1. The second-order valence-electron chi connectivity index (χ2n) is 4.83. The Hall–Kier alpha value is -1.82. The highest BCUT2D eigenvalue weighted by Crippen LogP contribution is 2.26. The van der Waals surface area contributed by atoms with Gasteiger partial charge in [0, 0.05) is 22.7 Å². The molecule has 0 unspecified atom stereocenters. The number of hydrogen-bond donors (Lipinski definition) is 0. The third-order valence-electron chi connectivity index (χ3n) is 3.31. The number of ether oxygens (including phenoxy) is 1. The van der Waals surface area contributed by atoms with Crippen LogP contribution >= 0.6 is 34.5 Å². The summed E-state index contributed by atoms with van der Waals surface area (Å²) in [7, 11) is 3.46. The van der Waals surface area contributed by atoms with Crippen molar-refractivity contribution in [1.82, 2.24) is 4.57 Å². The molecule has 0 atom stereocenters. The summed E-state index contributed by atoms with van der Waals surface area (Å²) >= 11 is 13.3. The molecule has 7 heteroatoms. The fourth-order valence-electron chi connectivity index (χ4n) is 2.27. The predicted molar refractivity (Wildman–Crippen MR) is 93.7 cm³/mol. The number of aromatic nitrogens is 1. The molecular weight excluding hydrogens is 355 g/mol. The first-order valence-corrected chi connectivity index (χ1v) is 8.24. The highest BCUT2D eigenvalue weighted by atomic mass is 35.5. The first-order chi connectivity index (χ1) is 11.0. The maximum absolute atomic E-state index is 12.4. The van der Waals surface area contributed by atoms with Gasteiger partial charge < -0.3 is 9.30 Å². The maximum Gasteiger partial charge on any atom is 0.279 e. The van der Waals surface area contributed by atoms with Crippen LogP contribution in [0.5, 0.6) is 5.75 Å². The van der Waals surface area contributed by atoms with Gasteiger partial charge in [-0.15, -0.1) is 0 Å². The van der Waals surface area contributed by atoms with E-state index in [0.717, 1.165) is 16.0 Å². The molecule has 118 valence electrons. The molecule has 0 aliphatic carbocycles. The van der Waals surface area contributed by atoms with E-state index in [4.69, 9.17) is 27.9 Å². The van der Waals surface area contributed by atoms with E-state index in [0.29, 0.717) is 20.4 Å². The molecule has 0 fully saturated rings. The van der Waals surface area contributed by atoms with Crippen LogP contribution in [0, 0.1) is 0 Å². The molecule has 0 N–H and O–H groups in total. The Bertz CT molecular complexity index is 956. The van der Waals surface area contributed by atoms with Crippen molar-refractivity contribution in [1.29, 1.82) is 0 Å². The number of halogens is 2. The lowest BCUT2D eigenvalue weighted by atomic mass is 10.2. The molecule has 0 radical (unpaired) electrons. The smallest absolute Gasteiger partial charge is 0.279 e. The highest BCUT2D eigenvalue weighted by molar-refractivity contribution is 7.16. The van der Waals surface area contributed by atoms with Gasteiger partial charge in [-0.25, -0.2) is 0 Å². The number of aryl methyl sites for hydroxylation is 1. The molecule has 23 heavy (non-hydrogen) atoms. The Balaban J connectivity index is 2.14. The molecule has 4 nitrogen and oxygen atoms in total. The molecule has 0 aliphatic heterocycles. The quantitative estimate of drug-likeness (QED) is 0.678. The van der Waals surface area contributed by atoms with Crippen molar-refractivity contribution < 1.29 is 9.53 Å². The second kappa shape index (κ2) is 6.35.